The predicted molar refractivity (Wildman–Crippen MR) is 97.2 cm³/mol. The van der Waals surface area contributed by atoms with E-state index in [0.717, 1.165) is 48.7 Å². The van der Waals surface area contributed by atoms with Crippen LogP contribution in [0, 0.1) is 5.92 Å². The van der Waals surface area contributed by atoms with Crippen LogP contribution in [0.2, 0.25) is 0 Å². The van der Waals surface area contributed by atoms with Crippen LogP contribution in [0.4, 0.5) is 11.4 Å². The molecule has 2 aliphatic rings. The molecule has 1 N–H and O–H groups in total. The van der Waals surface area contributed by atoms with Gasteiger partial charge in [-0.05, 0) is 48.9 Å². The van der Waals surface area contributed by atoms with Gasteiger partial charge in [-0.2, -0.15) is 0 Å². The van der Waals surface area contributed by atoms with E-state index < -0.39 is 0 Å². The molecule has 0 radical (unpaired) electrons. The van der Waals surface area contributed by atoms with E-state index in [4.69, 9.17) is 0 Å². The minimum Gasteiger partial charge on any atom is -0.326 e. The molecule has 0 spiro atoms. The zero-order valence-corrected chi connectivity index (χ0v) is 14.6. The second kappa shape index (κ2) is 7.82. The third kappa shape index (κ3) is 3.97. The number of nitrogens with zero attached hydrogens (tertiary/aromatic N) is 1. The molecule has 0 bridgehead atoms. The average Bonchev–Trinajstić information content (AvgIpc) is 3.09. The molecular weight excluding hydrogens is 300 g/mol. The van der Waals surface area contributed by atoms with Crippen LogP contribution in [-0.2, 0) is 16.0 Å². The summed E-state index contributed by atoms with van der Waals surface area (Å²) >= 11 is 0. The number of fused-ring (bicyclic) bond motifs is 1. The average molecular weight is 328 g/mol. The van der Waals surface area contributed by atoms with Crippen LogP contribution in [0.5, 0.6) is 0 Å². The molecule has 1 saturated carbocycles. The monoisotopic (exact) mass is 328 g/mol. The Hall–Kier alpha value is -1.84. The summed E-state index contributed by atoms with van der Waals surface area (Å²) in [7, 11) is 0. The van der Waals surface area contributed by atoms with E-state index >= 15 is 0 Å². The largest absolute Gasteiger partial charge is 0.326 e. The zero-order valence-electron chi connectivity index (χ0n) is 14.6. The topological polar surface area (TPSA) is 49.4 Å². The molecule has 4 nitrogen and oxygen atoms in total. The molecule has 3 rings (SSSR count). The number of aryl methyl sites for hydroxylation is 1. The Morgan fingerprint density at radius 3 is 2.79 bits per heavy atom. The summed E-state index contributed by atoms with van der Waals surface area (Å²) in [5, 5.41) is 3.03. The Bertz CT molecular complexity index is 606. The molecule has 0 saturated heterocycles. The van der Waals surface area contributed by atoms with Gasteiger partial charge in [0.15, 0.2) is 0 Å². The maximum atomic E-state index is 12.2. The van der Waals surface area contributed by atoms with Gasteiger partial charge in [0.2, 0.25) is 11.8 Å². The van der Waals surface area contributed by atoms with Crippen molar-refractivity contribution in [3.8, 4) is 0 Å². The van der Waals surface area contributed by atoms with Gasteiger partial charge in [-0.1, -0.05) is 32.6 Å². The van der Waals surface area contributed by atoms with Gasteiger partial charge in [-0.15, -0.1) is 0 Å². The first kappa shape index (κ1) is 17.0. The van der Waals surface area contributed by atoms with Crippen molar-refractivity contribution < 1.29 is 9.59 Å². The highest BCUT2D eigenvalue weighted by Crippen LogP contribution is 2.31. The van der Waals surface area contributed by atoms with Crippen molar-refractivity contribution in [2.24, 2.45) is 5.92 Å². The van der Waals surface area contributed by atoms with Crippen LogP contribution >= 0.6 is 0 Å². The van der Waals surface area contributed by atoms with Gasteiger partial charge in [0, 0.05) is 30.8 Å². The van der Waals surface area contributed by atoms with Crippen molar-refractivity contribution in [3.05, 3.63) is 23.8 Å². The molecule has 1 fully saturated rings. The Labute approximate surface area is 144 Å². The van der Waals surface area contributed by atoms with Gasteiger partial charge in [0.25, 0.3) is 0 Å². The minimum atomic E-state index is 0.110. The summed E-state index contributed by atoms with van der Waals surface area (Å²) in [6, 6.07) is 5.94. The molecule has 1 aromatic rings. The van der Waals surface area contributed by atoms with Crippen molar-refractivity contribution >= 4 is 23.2 Å². The first-order valence-electron chi connectivity index (χ1n) is 9.40. The Kier molecular flexibility index (Phi) is 5.54. The van der Waals surface area contributed by atoms with Crippen LogP contribution in [0.1, 0.15) is 63.9 Å². The lowest BCUT2D eigenvalue weighted by atomic mass is 9.99. The molecule has 1 aromatic carbocycles. The van der Waals surface area contributed by atoms with E-state index in [1.165, 1.54) is 25.7 Å². The summed E-state index contributed by atoms with van der Waals surface area (Å²) in [6.07, 6.45) is 9.11. The summed E-state index contributed by atoms with van der Waals surface area (Å²) in [4.78, 5) is 26.1. The summed E-state index contributed by atoms with van der Waals surface area (Å²) in [5.74, 6) is 1.06. The van der Waals surface area contributed by atoms with E-state index in [-0.39, 0.29) is 11.8 Å². The van der Waals surface area contributed by atoms with Crippen LogP contribution in [0.25, 0.3) is 0 Å². The smallest absolute Gasteiger partial charge is 0.227 e. The molecule has 0 atom stereocenters. The highest BCUT2D eigenvalue weighted by atomic mass is 16.2. The number of carbonyl (C=O) groups excluding carboxylic acids is 2. The molecular formula is C20H28N2O2. The maximum absolute atomic E-state index is 12.2. The van der Waals surface area contributed by atoms with Gasteiger partial charge < -0.3 is 10.2 Å². The van der Waals surface area contributed by atoms with Gasteiger partial charge in [0.1, 0.15) is 0 Å². The van der Waals surface area contributed by atoms with E-state index in [9.17, 15) is 9.59 Å². The second-order valence-electron chi connectivity index (χ2n) is 7.13. The highest BCUT2D eigenvalue weighted by Gasteiger charge is 2.23. The van der Waals surface area contributed by atoms with Crippen molar-refractivity contribution in [3.63, 3.8) is 0 Å². The number of carbonyl (C=O) groups is 2. The summed E-state index contributed by atoms with van der Waals surface area (Å²) in [5.41, 5.74) is 3.03. The molecule has 1 aliphatic carbocycles. The van der Waals surface area contributed by atoms with Crippen molar-refractivity contribution in [1.82, 2.24) is 0 Å². The fourth-order valence-corrected chi connectivity index (χ4v) is 3.96. The SMILES string of the molecule is CCCN1C(=O)CCc2cc(NC(=O)CCC3CCCC3)ccc21. The lowest BCUT2D eigenvalue weighted by molar-refractivity contribution is -0.119. The number of amides is 2. The number of nitrogens with one attached hydrogen (secondary N) is 1. The van der Waals surface area contributed by atoms with E-state index in [0.29, 0.717) is 12.8 Å². The third-order valence-corrected chi connectivity index (χ3v) is 5.26. The number of hydrogen-bond acceptors (Lipinski definition) is 2. The van der Waals surface area contributed by atoms with Crippen LogP contribution in [0.3, 0.4) is 0 Å². The second-order valence-corrected chi connectivity index (χ2v) is 7.13. The quantitative estimate of drug-likeness (QED) is 0.847. The Morgan fingerprint density at radius 2 is 2.04 bits per heavy atom. The van der Waals surface area contributed by atoms with Crippen LogP contribution in [-0.4, -0.2) is 18.4 Å². The standard InChI is InChI=1S/C20H28N2O2/c1-2-13-22-18-10-9-17(14-16(18)8-12-20(22)24)21-19(23)11-7-15-5-3-4-6-15/h9-10,14-15H,2-8,11-13H2,1H3,(H,21,23). The Morgan fingerprint density at radius 1 is 1.25 bits per heavy atom. The van der Waals surface area contributed by atoms with Crippen LogP contribution < -0.4 is 10.2 Å². The highest BCUT2D eigenvalue weighted by molar-refractivity contribution is 5.97. The summed E-state index contributed by atoms with van der Waals surface area (Å²) < 4.78 is 0. The molecule has 130 valence electrons. The van der Waals surface area contributed by atoms with E-state index in [2.05, 4.69) is 12.2 Å². The molecule has 1 aliphatic heterocycles. The van der Waals surface area contributed by atoms with Crippen molar-refractivity contribution in [2.75, 3.05) is 16.8 Å². The first-order chi connectivity index (χ1) is 11.7. The number of benzene rings is 1. The van der Waals surface area contributed by atoms with Gasteiger partial charge >= 0.3 is 0 Å². The predicted octanol–water partition coefficient (Wildman–Crippen LogP) is 4.28. The van der Waals surface area contributed by atoms with Crippen molar-refractivity contribution in [2.45, 2.75) is 64.7 Å². The van der Waals surface area contributed by atoms with E-state index in [1.54, 1.807) is 0 Å². The lowest BCUT2D eigenvalue weighted by Crippen LogP contribution is -2.35. The summed E-state index contributed by atoms with van der Waals surface area (Å²) in [6.45, 7) is 2.85. The minimum absolute atomic E-state index is 0.110. The molecule has 1 heterocycles. The van der Waals surface area contributed by atoms with Crippen molar-refractivity contribution in [1.29, 1.82) is 0 Å². The fourth-order valence-electron chi connectivity index (χ4n) is 3.96. The maximum Gasteiger partial charge on any atom is 0.227 e. The van der Waals surface area contributed by atoms with Gasteiger partial charge in [0.05, 0.1) is 0 Å². The van der Waals surface area contributed by atoms with Gasteiger partial charge in [-0.25, -0.2) is 0 Å². The normalized spacial score (nSPS) is 17.9. The molecule has 2 amide bonds. The van der Waals surface area contributed by atoms with Crippen LogP contribution in [0.15, 0.2) is 18.2 Å². The zero-order chi connectivity index (χ0) is 16.9. The van der Waals surface area contributed by atoms with Gasteiger partial charge in [-0.3, -0.25) is 9.59 Å². The molecule has 0 unspecified atom stereocenters. The fraction of sp³-hybridized carbons (Fsp3) is 0.600. The Balaban J connectivity index is 1.61. The molecule has 4 heteroatoms. The lowest BCUT2D eigenvalue weighted by Gasteiger charge is -2.29. The molecule has 0 aromatic heterocycles. The number of anilines is 2. The number of rotatable bonds is 6. The third-order valence-electron chi connectivity index (χ3n) is 5.26. The molecule has 24 heavy (non-hydrogen) atoms. The van der Waals surface area contributed by atoms with E-state index in [1.807, 2.05) is 23.1 Å². The first-order valence-corrected chi connectivity index (χ1v) is 9.40. The number of hydrogen-bond donors (Lipinski definition) is 1.